The topological polar surface area (TPSA) is 56.2 Å². The fourth-order valence-electron chi connectivity index (χ4n) is 1.73. The molecule has 3 rings (SSSR count). The molecule has 0 fully saturated rings. The van der Waals surface area contributed by atoms with Crippen molar-refractivity contribution in [1.82, 2.24) is 14.6 Å². The van der Waals surface area contributed by atoms with Gasteiger partial charge in [0, 0.05) is 4.88 Å². The molecule has 0 saturated carbocycles. The molecule has 3 aromatic rings. The van der Waals surface area contributed by atoms with Crippen LogP contribution < -0.4 is 5.73 Å². The summed E-state index contributed by atoms with van der Waals surface area (Å²) in [5.41, 5.74) is 8.00. The Balaban J connectivity index is 2.37. The second-order valence-electron chi connectivity index (χ2n) is 3.60. The van der Waals surface area contributed by atoms with Crippen molar-refractivity contribution in [3.63, 3.8) is 0 Å². The number of rotatable bonds is 1. The first-order chi connectivity index (χ1) is 7.66. The molecule has 6 heteroatoms. The quantitative estimate of drug-likeness (QED) is 0.722. The van der Waals surface area contributed by atoms with E-state index in [1.807, 2.05) is 4.52 Å². The first-order valence-corrected chi connectivity index (χ1v) is 6.52. The van der Waals surface area contributed by atoms with Crippen molar-refractivity contribution in [3.8, 4) is 10.6 Å². The van der Waals surface area contributed by atoms with Crippen molar-refractivity contribution in [1.29, 1.82) is 0 Å². The van der Waals surface area contributed by atoms with Gasteiger partial charge in [-0.15, -0.1) is 16.4 Å². The lowest BCUT2D eigenvalue weighted by Crippen LogP contribution is -1.92. The van der Waals surface area contributed by atoms with Crippen molar-refractivity contribution in [2.45, 2.75) is 13.8 Å². The van der Waals surface area contributed by atoms with E-state index in [2.05, 4.69) is 35.4 Å². The highest BCUT2D eigenvalue weighted by Crippen LogP contribution is 2.35. The summed E-state index contributed by atoms with van der Waals surface area (Å²) in [5.74, 6) is 0.335. The third-order valence-electron chi connectivity index (χ3n) is 2.46. The first kappa shape index (κ1) is 9.80. The summed E-state index contributed by atoms with van der Waals surface area (Å²) >= 11 is 3.35. The number of hydrogen-bond donors (Lipinski definition) is 1. The van der Waals surface area contributed by atoms with E-state index in [0.717, 1.165) is 10.7 Å². The van der Waals surface area contributed by atoms with Crippen LogP contribution in [0.5, 0.6) is 0 Å². The Labute approximate surface area is 100 Å². The highest BCUT2D eigenvalue weighted by atomic mass is 32.1. The molecular weight excluding hydrogens is 240 g/mol. The number of thiazole rings is 1. The Morgan fingerprint density at radius 1 is 1.38 bits per heavy atom. The summed E-state index contributed by atoms with van der Waals surface area (Å²) in [6.07, 6.45) is 0. The Kier molecular flexibility index (Phi) is 2.02. The van der Waals surface area contributed by atoms with Crippen molar-refractivity contribution < 1.29 is 0 Å². The second-order valence-corrected chi connectivity index (χ2v) is 5.70. The average molecular weight is 250 g/mol. The van der Waals surface area contributed by atoms with Gasteiger partial charge in [-0.1, -0.05) is 11.3 Å². The lowest BCUT2D eigenvalue weighted by molar-refractivity contribution is 0.989. The van der Waals surface area contributed by atoms with Gasteiger partial charge in [0.05, 0.1) is 10.6 Å². The SMILES string of the molecule is Cc1ccsc1-c1c(C)sc2nc(N)nn12. The Morgan fingerprint density at radius 2 is 2.19 bits per heavy atom. The minimum Gasteiger partial charge on any atom is -0.366 e. The summed E-state index contributed by atoms with van der Waals surface area (Å²) in [7, 11) is 0. The van der Waals surface area contributed by atoms with Crippen LogP contribution in [-0.2, 0) is 0 Å². The number of nitrogen functional groups attached to an aromatic ring is 1. The minimum absolute atomic E-state index is 0.335. The van der Waals surface area contributed by atoms with Crippen LogP contribution in [0.4, 0.5) is 5.95 Å². The van der Waals surface area contributed by atoms with Crippen molar-refractivity contribution >= 4 is 33.6 Å². The molecule has 0 unspecified atom stereocenters. The van der Waals surface area contributed by atoms with Crippen molar-refractivity contribution in [3.05, 3.63) is 21.9 Å². The van der Waals surface area contributed by atoms with Crippen LogP contribution in [0, 0.1) is 13.8 Å². The van der Waals surface area contributed by atoms with Gasteiger partial charge in [0.25, 0.3) is 0 Å². The summed E-state index contributed by atoms with van der Waals surface area (Å²) in [5, 5.41) is 6.32. The molecule has 0 aliphatic rings. The molecule has 3 heterocycles. The third-order valence-corrected chi connectivity index (χ3v) is 4.43. The normalized spacial score (nSPS) is 11.4. The monoisotopic (exact) mass is 250 g/mol. The smallest absolute Gasteiger partial charge is 0.241 e. The highest BCUT2D eigenvalue weighted by molar-refractivity contribution is 7.18. The fourth-order valence-corrected chi connectivity index (χ4v) is 3.73. The zero-order valence-corrected chi connectivity index (χ0v) is 10.5. The minimum atomic E-state index is 0.335. The number of aromatic nitrogens is 3. The van der Waals surface area contributed by atoms with Crippen LogP contribution in [0.25, 0.3) is 15.5 Å². The number of thiophene rings is 1. The molecule has 0 atom stereocenters. The van der Waals surface area contributed by atoms with Crippen LogP contribution in [0.15, 0.2) is 11.4 Å². The maximum atomic E-state index is 5.61. The summed E-state index contributed by atoms with van der Waals surface area (Å²) < 4.78 is 1.84. The Hall–Kier alpha value is -1.40. The van der Waals surface area contributed by atoms with E-state index >= 15 is 0 Å². The Bertz CT molecular complexity index is 662. The van der Waals surface area contributed by atoms with Gasteiger partial charge in [0.15, 0.2) is 0 Å². The number of aryl methyl sites for hydroxylation is 2. The zero-order valence-electron chi connectivity index (χ0n) is 8.89. The number of nitrogens with two attached hydrogens (primary N) is 1. The average Bonchev–Trinajstić information content (AvgIpc) is 2.81. The van der Waals surface area contributed by atoms with Crippen LogP contribution in [0.2, 0.25) is 0 Å². The van der Waals surface area contributed by atoms with Crippen molar-refractivity contribution in [2.24, 2.45) is 0 Å². The van der Waals surface area contributed by atoms with E-state index in [9.17, 15) is 0 Å². The fraction of sp³-hybridized carbons (Fsp3) is 0.200. The van der Waals surface area contributed by atoms with Gasteiger partial charge in [-0.2, -0.15) is 9.50 Å². The molecule has 0 saturated heterocycles. The van der Waals surface area contributed by atoms with Crippen LogP contribution in [0.3, 0.4) is 0 Å². The van der Waals surface area contributed by atoms with Gasteiger partial charge in [0.1, 0.15) is 0 Å². The second kappa shape index (κ2) is 3.29. The molecule has 4 nitrogen and oxygen atoms in total. The molecule has 0 aliphatic heterocycles. The molecule has 2 N–H and O–H groups in total. The maximum absolute atomic E-state index is 5.61. The van der Waals surface area contributed by atoms with Gasteiger partial charge in [0.2, 0.25) is 10.9 Å². The predicted molar refractivity (Wildman–Crippen MR) is 68.1 cm³/mol. The largest absolute Gasteiger partial charge is 0.366 e. The van der Waals surface area contributed by atoms with Crippen molar-refractivity contribution in [2.75, 3.05) is 5.73 Å². The molecule has 0 aliphatic carbocycles. The number of anilines is 1. The van der Waals surface area contributed by atoms with E-state index in [-0.39, 0.29) is 0 Å². The zero-order chi connectivity index (χ0) is 11.3. The van der Waals surface area contributed by atoms with Gasteiger partial charge in [-0.05, 0) is 30.9 Å². The lowest BCUT2D eigenvalue weighted by atomic mass is 10.2. The number of hydrogen-bond acceptors (Lipinski definition) is 5. The van der Waals surface area contributed by atoms with E-state index in [4.69, 9.17) is 5.73 Å². The molecule has 82 valence electrons. The van der Waals surface area contributed by atoms with Gasteiger partial charge < -0.3 is 5.73 Å². The van der Waals surface area contributed by atoms with E-state index in [1.54, 1.807) is 22.7 Å². The molecule has 0 amide bonds. The van der Waals surface area contributed by atoms with Gasteiger partial charge in [-0.25, -0.2) is 0 Å². The Morgan fingerprint density at radius 3 is 2.88 bits per heavy atom. The maximum Gasteiger partial charge on any atom is 0.241 e. The van der Waals surface area contributed by atoms with Gasteiger partial charge in [-0.3, -0.25) is 0 Å². The molecule has 0 radical (unpaired) electrons. The van der Waals surface area contributed by atoms with E-state index in [1.165, 1.54) is 15.3 Å². The van der Waals surface area contributed by atoms with Crippen LogP contribution in [-0.4, -0.2) is 14.6 Å². The first-order valence-electron chi connectivity index (χ1n) is 4.83. The molecular formula is C10H10N4S2. The number of fused-ring (bicyclic) bond motifs is 1. The standard InChI is InChI=1S/C10H10N4S2/c1-5-3-4-15-8(5)7-6(2)16-10-12-9(11)13-14(7)10/h3-4H,1-2H3,(H2,11,13). The molecule has 16 heavy (non-hydrogen) atoms. The summed E-state index contributed by atoms with van der Waals surface area (Å²) in [4.78, 5) is 7.51. The predicted octanol–water partition coefficient (Wildman–Crippen LogP) is 2.72. The highest BCUT2D eigenvalue weighted by Gasteiger charge is 2.16. The molecule has 0 bridgehead atoms. The summed E-state index contributed by atoms with van der Waals surface area (Å²) in [6.45, 7) is 4.20. The lowest BCUT2D eigenvalue weighted by Gasteiger charge is -1.98. The summed E-state index contributed by atoms with van der Waals surface area (Å²) in [6, 6.07) is 2.11. The van der Waals surface area contributed by atoms with Crippen LogP contribution >= 0.6 is 22.7 Å². The van der Waals surface area contributed by atoms with Gasteiger partial charge >= 0.3 is 0 Å². The van der Waals surface area contributed by atoms with E-state index in [0.29, 0.717) is 5.95 Å². The third kappa shape index (κ3) is 1.27. The van der Waals surface area contributed by atoms with Crippen LogP contribution in [0.1, 0.15) is 10.4 Å². The number of nitrogens with zero attached hydrogens (tertiary/aromatic N) is 3. The molecule has 3 aromatic heterocycles. The molecule has 0 spiro atoms. The molecule has 0 aromatic carbocycles. The van der Waals surface area contributed by atoms with E-state index < -0.39 is 0 Å².